The number of carbonyl (C=O) groups excluding carboxylic acids is 4. The second kappa shape index (κ2) is 16.8. The number of nitrogens with one attached hydrogen (secondary N) is 2. The summed E-state index contributed by atoms with van der Waals surface area (Å²) < 4.78 is 40.9. The van der Waals surface area contributed by atoms with Crippen molar-refractivity contribution in [1.82, 2.24) is 24.9 Å². The van der Waals surface area contributed by atoms with Gasteiger partial charge in [-0.3, -0.25) is 19.1 Å². The lowest BCUT2D eigenvalue weighted by Crippen LogP contribution is -2.53. The van der Waals surface area contributed by atoms with Gasteiger partial charge in [0.05, 0.1) is 34.5 Å². The molecule has 0 spiro atoms. The fourth-order valence-electron chi connectivity index (χ4n) is 8.53. The topological polar surface area (TPSA) is 174 Å². The molecule has 0 bridgehead atoms. The zero-order valence-electron chi connectivity index (χ0n) is 36.0. The predicted molar refractivity (Wildman–Crippen MR) is 231 cm³/mol. The highest BCUT2D eigenvalue weighted by atomic mass is 32.2. The average molecular weight is 862 g/mol. The second-order valence-corrected chi connectivity index (χ2v) is 21.5. The van der Waals surface area contributed by atoms with Crippen molar-refractivity contribution in [2.24, 2.45) is 17.3 Å². The van der Waals surface area contributed by atoms with Crippen LogP contribution in [0.5, 0.6) is 5.75 Å². The number of Topliss-reactive ketones (excluding diaryl/α,β-unsaturated/α-hetero) is 1. The van der Waals surface area contributed by atoms with E-state index in [9.17, 15) is 27.6 Å². The Kier molecular flexibility index (Phi) is 12.3. The molecule has 3 aromatic rings. The SMILES string of the molecule is Cc1ccc2c(O[C@H]3CN4C(=O)[C@@H](NC(=O)OC(C)(C)C)CCCCC/C=C\[C@@H]5C[C@@]5(C(=O)NS(=O)(=O)C5CC5)CC(=O)[C@@H]4C3C)cc(-c3nc(C(C)C)cs3)nc2c1C. The summed E-state index contributed by atoms with van der Waals surface area (Å²) >= 11 is 1.51. The summed E-state index contributed by atoms with van der Waals surface area (Å²) in [6, 6.07) is 3.84. The number of rotatable bonds is 8. The second-order valence-electron chi connectivity index (χ2n) is 18.6. The monoisotopic (exact) mass is 861 g/mol. The summed E-state index contributed by atoms with van der Waals surface area (Å²) in [7, 11) is -3.87. The Morgan fingerprint density at radius 3 is 2.48 bits per heavy atom. The molecule has 1 saturated heterocycles. The van der Waals surface area contributed by atoms with E-state index in [1.165, 1.54) is 16.2 Å². The third-order valence-electron chi connectivity index (χ3n) is 12.5. The molecule has 3 fully saturated rings. The fraction of sp³-hybridized carbons (Fsp3) is 0.600. The summed E-state index contributed by atoms with van der Waals surface area (Å²) in [6.07, 6.45) is 6.84. The van der Waals surface area contributed by atoms with Crippen LogP contribution in [-0.4, -0.2) is 82.6 Å². The number of hydrogen-bond acceptors (Lipinski definition) is 11. The molecule has 324 valence electrons. The van der Waals surface area contributed by atoms with Crippen LogP contribution in [0, 0.1) is 31.1 Å². The van der Waals surface area contributed by atoms with E-state index in [2.05, 4.69) is 23.9 Å². The van der Waals surface area contributed by atoms with Gasteiger partial charge in [0.15, 0.2) is 5.78 Å². The van der Waals surface area contributed by atoms with Gasteiger partial charge in [0, 0.05) is 29.2 Å². The van der Waals surface area contributed by atoms with E-state index >= 15 is 0 Å². The highest BCUT2D eigenvalue weighted by Crippen LogP contribution is 2.57. The van der Waals surface area contributed by atoms with Gasteiger partial charge in [0.1, 0.15) is 34.2 Å². The van der Waals surface area contributed by atoms with Gasteiger partial charge in [-0.15, -0.1) is 11.3 Å². The quantitative estimate of drug-likeness (QED) is 0.214. The van der Waals surface area contributed by atoms with Crippen LogP contribution in [0.2, 0.25) is 0 Å². The van der Waals surface area contributed by atoms with E-state index in [1.54, 1.807) is 20.8 Å². The van der Waals surface area contributed by atoms with Gasteiger partial charge < -0.3 is 19.7 Å². The summed E-state index contributed by atoms with van der Waals surface area (Å²) in [5.41, 5.74) is 2.36. The van der Waals surface area contributed by atoms with E-state index in [0.717, 1.165) is 52.0 Å². The maximum absolute atomic E-state index is 14.9. The number of carbonyl (C=O) groups is 4. The number of hydrogen-bond donors (Lipinski definition) is 2. The lowest BCUT2D eigenvalue weighted by molar-refractivity contribution is -0.141. The Bertz CT molecular complexity index is 2310. The first-order valence-electron chi connectivity index (χ1n) is 21.4. The zero-order chi connectivity index (χ0) is 43.3. The van der Waals surface area contributed by atoms with Crippen LogP contribution in [-0.2, 0) is 29.1 Å². The highest BCUT2D eigenvalue weighted by molar-refractivity contribution is 7.90. The number of aryl methyl sites for hydroxylation is 2. The van der Waals surface area contributed by atoms with Gasteiger partial charge in [-0.1, -0.05) is 51.8 Å². The molecule has 2 aromatic heterocycles. The van der Waals surface area contributed by atoms with Gasteiger partial charge in [-0.25, -0.2) is 23.2 Å². The Balaban J connectivity index is 1.26. The third-order valence-corrected chi connectivity index (χ3v) is 15.2. The molecule has 60 heavy (non-hydrogen) atoms. The number of thiazole rings is 1. The number of pyridine rings is 1. The predicted octanol–water partition coefficient (Wildman–Crippen LogP) is 7.68. The van der Waals surface area contributed by atoms with Crippen LogP contribution in [0.4, 0.5) is 4.79 Å². The van der Waals surface area contributed by atoms with Crippen molar-refractivity contribution in [2.75, 3.05) is 6.54 Å². The first-order chi connectivity index (χ1) is 28.3. The van der Waals surface area contributed by atoms with E-state index in [0.29, 0.717) is 43.5 Å². The zero-order valence-corrected chi connectivity index (χ0v) is 37.6. The number of benzene rings is 1. The highest BCUT2D eigenvalue weighted by Gasteiger charge is 2.62. The molecule has 4 heterocycles. The first kappa shape index (κ1) is 43.7. The van der Waals surface area contributed by atoms with E-state index in [4.69, 9.17) is 19.4 Å². The number of aromatic nitrogens is 2. The van der Waals surface area contributed by atoms with Crippen molar-refractivity contribution in [2.45, 2.75) is 148 Å². The molecule has 2 aliphatic heterocycles. The van der Waals surface area contributed by atoms with Gasteiger partial charge in [-0.05, 0) is 102 Å². The van der Waals surface area contributed by atoms with Crippen molar-refractivity contribution in [3.8, 4) is 16.5 Å². The maximum atomic E-state index is 14.9. The molecule has 2 aliphatic carbocycles. The fourth-order valence-corrected chi connectivity index (χ4v) is 10.9. The summed E-state index contributed by atoms with van der Waals surface area (Å²) in [5, 5.41) is 5.77. The van der Waals surface area contributed by atoms with Crippen molar-refractivity contribution in [3.05, 3.63) is 52.6 Å². The maximum Gasteiger partial charge on any atom is 0.408 e. The van der Waals surface area contributed by atoms with Crippen LogP contribution >= 0.6 is 11.3 Å². The van der Waals surface area contributed by atoms with Gasteiger partial charge >= 0.3 is 6.09 Å². The Labute approximate surface area is 357 Å². The summed E-state index contributed by atoms with van der Waals surface area (Å²) in [5.74, 6) is -1.60. The number of alkyl carbamates (subject to hydrolysis) is 1. The van der Waals surface area contributed by atoms with Crippen LogP contribution in [0.1, 0.15) is 122 Å². The van der Waals surface area contributed by atoms with Crippen LogP contribution in [0.25, 0.3) is 21.6 Å². The molecule has 13 nitrogen and oxygen atoms in total. The van der Waals surface area contributed by atoms with Crippen LogP contribution < -0.4 is 14.8 Å². The molecule has 6 atom stereocenters. The molecular weight excluding hydrogens is 803 g/mol. The Morgan fingerprint density at radius 1 is 1.05 bits per heavy atom. The number of ketones is 1. The molecule has 3 amide bonds. The molecule has 4 aliphatic rings. The van der Waals surface area contributed by atoms with Gasteiger partial charge in [0.25, 0.3) is 0 Å². The number of allylic oxidation sites excluding steroid dienone is 2. The van der Waals surface area contributed by atoms with E-state index in [1.807, 2.05) is 56.5 Å². The summed E-state index contributed by atoms with van der Waals surface area (Å²) in [4.78, 5) is 68.5. The van der Waals surface area contributed by atoms with Crippen molar-refractivity contribution < 1.29 is 37.1 Å². The number of nitrogens with zero attached hydrogens (tertiary/aromatic N) is 3. The summed E-state index contributed by atoms with van der Waals surface area (Å²) in [6.45, 7) is 15.4. The molecule has 2 N–H and O–H groups in total. The molecule has 2 saturated carbocycles. The van der Waals surface area contributed by atoms with Crippen LogP contribution in [0.3, 0.4) is 0 Å². The normalized spacial score (nSPS) is 27.1. The number of sulfonamides is 1. The molecule has 15 heteroatoms. The van der Waals surface area contributed by atoms with Crippen molar-refractivity contribution in [1.29, 1.82) is 0 Å². The number of amides is 3. The van der Waals surface area contributed by atoms with E-state index < -0.39 is 68.3 Å². The lowest BCUT2D eigenvalue weighted by atomic mass is 9.87. The molecular formula is C45H59N5O8S2. The Morgan fingerprint density at radius 2 is 1.80 bits per heavy atom. The molecule has 7 rings (SSSR count). The Hall–Kier alpha value is -4.37. The van der Waals surface area contributed by atoms with Gasteiger partial charge in [0.2, 0.25) is 21.8 Å². The minimum absolute atomic E-state index is 0.0280. The number of fused-ring (bicyclic) bond motifs is 3. The number of ether oxygens (including phenoxy) is 2. The lowest BCUT2D eigenvalue weighted by Gasteiger charge is -2.31. The third kappa shape index (κ3) is 9.26. The standard InChI is InChI=1S/C45H59N5O8S2/c1-25(2)34-24-59-40(47-34)33-20-36(31-19-16-26(3)27(4)38(31)46-33)57-37-23-50-39(28(37)5)35(51)22-45(42(53)49-60(55,56)30-17-18-30)21-29(45)14-12-10-9-11-13-15-32(41(50)52)48-43(54)58-44(6,7)8/h12,14,16,19-20,24-25,28-30,32,37,39H,9-11,13,15,17-18,21-23H2,1-8H3,(H,48,54)(H,49,53)/b14-12-/t28?,29-,32+,37+,39+,45-/m1/s1. The minimum atomic E-state index is -3.87. The van der Waals surface area contributed by atoms with Crippen molar-refractivity contribution >= 4 is 56.0 Å². The molecule has 1 aromatic carbocycles. The van der Waals surface area contributed by atoms with Gasteiger partial charge in [-0.2, -0.15) is 0 Å². The molecule has 0 radical (unpaired) electrons. The van der Waals surface area contributed by atoms with E-state index in [-0.39, 0.29) is 30.6 Å². The largest absolute Gasteiger partial charge is 0.487 e. The average Bonchev–Trinajstić information content (AvgIpc) is 4.06. The minimum Gasteiger partial charge on any atom is -0.487 e. The van der Waals surface area contributed by atoms with Crippen molar-refractivity contribution in [3.63, 3.8) is 0 Å². The molecule has 1 unspecified atom stereocenters. The smallest absolute Gasteiger partial charge is 0.408 e. The first-order valence-corrected chi connectivity index (χ1v) is 23.8. The van der Waals surface area contributed by atoms with Crippen LogP contribution in [0.15, 0.2) is 35.7 Å².